The van der Waals surface area contributed by atoms with Crippen molar-refractivity contribution >= 4 is 12.1 Å². The lowest BCUT2D eigenvalue weighted by atomic mass is 9.92. The SMILES string of the molecule is CC(C)NC(=O)N1CCC2(CC1)CNC(=O)O2. The Labute approximate surface area is 101 Å². The van der Waals surface area contributed by atoms with E-state index in [-0.39, 0.29) is 23.8 Å². The van der Waals surface area contributed by atoms with Crippen molar-refractivity contribution in [2.24, 2.45) is 0 Å². The third-order valence-corrected chi connectivity index (χ3v) is 3.24. The molecule has 0 aromatic heterocycles. The molecule has 6 heteroatoms. The zero-order chi connectivity index (χ0) is 12.5. The van der Waals surface area contributed by atoms with Gasteiger partial charge in [0.2, 0.25) is 0 Å². The molecule has 3 amide bonds. The zero-order valence-corrected chi connectivity index (χ0v) is 10.3. The summed E-state index contributed by atoms with van der Waals surface area (Å²) in [7, 11) is 0. The van der Waals surface area contributed by atoms with E-state index in [2.05, 4.69) is 10.6 Å². The molecule has 2 aliphatic rings. The molecule has 17 heavy (non-hydrogen) atoms. The smallest absolute Gasteiger partial charge is 0.407 e. The first-order valence-electron chi connectivity index (χ1n) is 6.03. The molecule has 6 nitrogen and oxygen atoms in total. The molecule has 0 radical (unpaired) electrons. The molecule has 0 aromatic carbocycles. The van der Waals surface area contributed by atoms with Crippen LogP contribution in [-0.2, 0) is 4.74 Å². The normalized spacial score (nSPS) is 22.5. The number of carbonyl (C=O) groups excluding carboxylic acids is 2. The van der Waals surface area contributed by atoms with Crippen molar-refractivity contribution in [3.8, 4) is 0 Å². The van der Waals surface area contributed by atoms with Crippen molar-refractivity contribution in [2.45, 2.75) is 38.3 Å². The second kappa shape index (κ2) is 4.43. The van der Waals surface area contributed by atoms with Gasteiger partial charge in [0.25, 0.3) is 0 Å². The van der Waals surface area contributed by atoms with Gasteiger partial charge in [0.05, 0.1) is 6.54 Å². The minimum atomic E-state index is -0.383. The first kappa shape index (κ1) is 12.0. The van der Waals surface area contributed by atoms with Crippen LogP contribution in [0.25, 0.3) is 0 Å². The van der Waals surface area contributed by atoms with Crippen molar-refractivity contribution in [3.05, 3.63) is 0 Å². The predicted octanol–water partition coefficient (Wildman–Crippen LogP) is 0.679. The van der Waals surface area contributed by atoms with Crippen molar-refractivity contribution in [2.75, 3.05) is 19.6 Å². The number of rotatable bonds is 1. The van der Waals surface area contributed by atoms with Gasteiger partial charge in [-0.1, -0.05) is 0 Å². The summed E-state index contributed by atoms with van der Waals surface area (Å²) >= 11 is 0. The number of piperidine rings is 1. The monoisotopic (exact) mass is 241 g/mol. The summed E-state index contributed by atoms with van der Waals surface area (Å²) in [5.41, 5.74) is -0.383. The van der Waals surface area contributed by atoms with Crippen LogP contribution in [0.1, 0.15) is 26.7 Å². The number of likely N-dealkylation sites (tertiary alicyclic amines) is 1. The topological polar surface area (TPSA) is 70.7 Å². The highest BCUT2D eigenvalue weighted by molar-refractivity contribution is 5.75. The second-order valence-corrected chi connectivity index (χ2v) is 5.02. The van der Waals surface area contributed by atoms with Gasteiger partial charge in [0.15, 0.2) is 0 Å². The molecule has 2 heterocycles. The summed E-state index contributed by atoms with van der Waals surface area (Å²) in [6.45, 7) is 5.70. The highest BCUT2D eigenvalue weighted by atomic mass is 16.6. The van der Waals surface area contributed by atoms with Gasteiger partial charge < -0.3 is 20.3 Å². The van der Waals surface area contributed by atoms with E-state index in [1.165, 1.54) is 0 Å². The quantitative estimate of drug-likeness (QED) is 0.709. The molecule has 2 saturated heterocycles. The van der Waals surface area contributed by atoms with E-state index in [9.17, 15) is 9.59 Å². The summed E-state index contributed by atoms with van der Waals surface area (Å²) in [5.74, 6) is 0. The highest BCUT2D eigenvalue weighted by Crippen LogP contribution is 2.29. The number of urea groups is 1. The minimum absolute atomic E-state index is 0.0351. The summed E-state index contributed by atoms with van der Waals surface area (Å²) in [5, 5.41) is 5.54. The Balaban J connectivity index is 1.86. The van der Waals surface area contributed by atoms with Gasteiger partial charge in [0.1, 0.15) is 5.60 Å². The molecule has 0 saturated carbocycles. The lowest BCUT2D eigenvalue weighted by Crippen LogP contribution is -2.52. The number of hydrogen-bond acceptors (Lipinski definition) is 3. The molecule has 2 aliphatic heterocycles. The molecule has 96 valence electrons. The van der Waals surface area contributed by atoms with Gasteiger partial charge in [-0.3, -0.25) is 0 Å². The van der Waals surface area contributed by atoms with Gasteiger partial charge in [-0.25, -0.2) is 9.59 Å². The fourth-order valence-electron chi connectivity index (χ4n) is 2.24. The largest absolute Gasteiger partial charge is 0.441 e. The Hall–Kier alpha value is -1.46. The van der Waals surface area contributed by atoms with Crippen LogP contribution in [0, 0.1) is 0 Å². The number of alkyl carbamates (subject to hydrolysis) is 1. The number of carbonyl (C=O) groups is 2. The summed E-state index contributed by atoms with van der Waals surface area (Å²) in [6, 6.07) is 0.108. The van der Waals surface area contributed by atoms with Crippen LogP contribution in [0.3, 0.4) is 0 Å². The molecule has 0 aliphatic carbocycles. The van der Waals surface area contributed by atoms with E-state index < -0.39 is 0 Å². The third kappa shape index (κ3) is 2.62. The number of amides is 3. The van der Waals surface area contributed by atoms with Crippen LogP contribution in [0.5, 0.6) is 0 Å². The molecule has 0 atom stereocenters. The molecule has 0 bridgehead atoms. The average molecular weight is 241 g/mol. The van der Waals surface area contributed by atoms with Crippen LogP contribution in [-0.4, -0.2) is 48.3 Å². The number of ether oxygens (including phenoxy) is 1. The minimum Gasteiger partial charge on any atom is -0.441 e. The van der Waals surface area contributed by atoms with E-state index >= 15 is 0 Å². The Morgan fingerprint density at radius 3 is 2.59 bits per heavy atom. The number of hydrogen-bond donors (Lipinski definition) is 2. The zero-order valence-electron chi connectivity index (χ0n) is 10.3. The van der Waals surface area contributed by atoms with Crippen molar-refractivity contribution in [3.63, 3.8) is 0 Å². The van der Waals surface area contributed by atoms with Crippen molar-refractivity contribution in [1.82, 2.24) is 15.5 Å². The van der Waals surface area contributed by atoms with E-state index in [1.54, 1.807) is 4.90 Å². The van der Waals surface area contributed by atoms with Crippen LogP contribution in [0.4, 0.5) is 9.59 Å². The first-order chi connectivity index (χ1) is 8.01. The highest BCUT2D eigenvalue weighted by Gasteiger charge is 2.43. The van der Waals surface area contributed by atoms with Gasteiger partial charge in [-0.2, -0.15) is 0 Å². The van der Waals surface area contributed by atoms with Gasteiger partial charge in [0, 0.05) is 32.0 Å². The molecule has 0 unspecified atom stereocenters. The molecule has 2 rings (SSSR count). The summed E-state index contributed by atoms with van der Waals surface area (Å²) in [4.78, 5) is 24.6. The Morgan fingerprint density at radius 2 is 2.12 bits per heavy atom. The third-order valence-electron chi connectivity index (χ3n) is 3.24. The number of nitrogens with zero attached hydrogens (tertiary/aromatic N) is 1. The lowest BCUT2D eigenvalue weighted by molar-refractivity contribution is 0.00965. The molecular formula is C11H19N3O3. The first-order valence-corrected chi connectivity index (χ1v) is 6.03. The average Bonchev–Trinajstić information content (AvgIpc) is 2.60. The summed E-state index contributed by atoms with van der Waals surface area (Å²) < 4.78 is 5.29. The Bertz CT molecular complexity index is 322. The van der Waals surface area contributed by atoms with Gasteiger partial charge >= 0.3 is 12.1 Å². The van der Waals surface area contributed by atoms with E-state index in [0.29, 0.717) is 32.5 Å². The Morgan fingerprint density at radius 1 is 1.47 bits per heavy atom. The standard InChI is InChI=1S/C11H19N3O3/c1-8(2)13-9(15)14-5-3-11(4-6-14)7-12-10(16)17-11/h8H,3-7H2,1-2H3,(H,12,16)(H,13,15). The van der Waals surface area contributed by atoms with Crippen LogP contribution >= 0.6 is 0 Å². The predicted molar refractivity (Wildman–Crippen MR) is 61.7 cm³/mol. The fourth-order valence-corrected chi connectivity index (χ4v) is 2.24. The fraction of sp³-hybridized carbons (Fsp3) is 0.818. The molecule has 2 N–H and O–H groups in total. The molecule has 0 aromatic rings. The number of nitrogens with one attached hydrogen (secondary N) is 2. The molecular weight excluding hydrogens is 222 g/mol. The maximum atomic E-state index is 11.8. The van der Waals surface area contributed by atoms with E-state index in [4.69, 9.17) is 4.74 Å². The van der Waals surface area contributed by atoms with E-state index in [0.717, 1.165) is 0 Å². The second-order valence-electron chi connectivity index (χ2n) is 5.02. The van der Waals surface area contributed by atoms with Crippen LogP contribution in [0.2, 0.25) is 0 Å². The van der Waals surface area contributed by atoms with Crippen molar-refractivity contribution in [1.29, 1.82) is 0 Å². The Kier molecular flexibility index (Phi) is 3.13. The van der Waals surface area contributed by atoms with Gasteiger partial charge in [-0.05, 0) is 13.8 Å². The maximum absolute atomic E-state index is 11.8. The van der Waals surface area contributed by atoms with Crippen LogP contribution < -0.4 is 10.6 Å². The lowest BCUT2D eigenvalue weighted by Gasteiger charge is -2.37. The molecule has 1 spiro atoms. The van der Waals surface area contributed by atoms with E-state index in [1.807, 2.05) is 13.8 Å². The molecule has 2 fully saturated rings. The maximum Gasteiger partial charge on any atom is 0.407 e. The van der Waals surface area contributed by atoms with Crippen LogP contribution in [0.15, 0.2) is 0 Å². The summed E-state index contributed by atoms with van der Waals surface area (Å²) in [6.07, 6.45) is 1.07. The van der Waals surface area contributed by atoms with Crippen molar-refractivity contribution < 1.29 is 14.3 Å². The van der Waals surface area contributed by atoms with Gasteiger partial charge in [-0.15, -0.1) is 0 Å².